The Morgan fingerprint density at radius 3 is 2.69 bits per heavy atom. The molecule has 2 N–H and O–H groups in total. The number of nitrogens with zero attached hydrogens (tertiary/aromatic N) is 2. The lowest BCUT2D eigenvalue weighted by Gasteiger charge is -2.26. The second-order valence-electron chi connectivity index (χ2n) is 4.56. The molecule has 16 heavy (non-hydrogen) atoms. The highest BCUT2D eigenvalue weighted by Gasteiger charge is 2.22. The Morgan fingerprint density at radius 2 is 2.25 bits per heavy atom. The largest absolute Gasteiger partial charge is 0.323 e. The predicted octanol–water partition coefficient (Wildman–Crippen LogP) is 2.64. The molecule has 0 amide bonds. The van der Waals surface area contributed by atoms with Crippen molar-refractivity contribution in [3.05, 3.63) is 17.5 Å². The van der Waals surface area contributed by atoms with Crippen molar-refractivity contribution in [1.82, 2.24) is 9.78 Å². The second kappa shape index (κ2) is 4.49. The molecule has 5 heteroatoms. The fourth-order valence-electron chi connectivity index (χ4n) is 1.99. The molecule has 1 aliphatic carbocycles. The summed E-state index contributed by atoms with van der Waals surface area (Å²) < 4.78 is 26.7. The molecule has 0 aliphatic heterocycles. The van der Waals surface area contributed by atoms with Gasteiger partial charge in [0.05, 0.1) is 5.69 Å². The topological polar surface area (TPSA) is 43.8 Å². The molecule has 90 valence electrons. The molecular formula is C11H17F2N3. The van der Waals surface area contributed by atoms with Crippen molar-refractivity contribution in [2.45, 2.75) is 45.2 Å². The molecule has 0 unspecified atom stereocenters. The van der Waals surface area contributed by atoms with Gasteiger partial charge in [0.15, 0.2) is 0 Å². The van der Waals surface area contributed by atoms with Crippen LogP contribution in [0.15, 0.2) is 6.07 Å². The van der Waals surface area contributed by atoms with Crippen LogP contribution < -0.4 is 5.73 Å². The standard InChI is InChI=1S/C11H17F2N3/c1-7(14)10-5-9(11(12)13)15-16(10)6-8-3-2-4-8/h5,7-8,11H,2-4,6,14H2,1H3/t7-/m0/s1. The zero-order valence-electron chi connectivity index (χ0n) is 9.37. The van der Waals surface area contributed by atoms with Crippen LogP contribution in [0.25, 0.3) is 0 Å². The third-order valence-electron chi connectivity index (χ3n) is 3.18. The molecule has 3 nitrogen and oxygen atoms in total. The van der Waals surface area contributed by atoms with E-state index in [1.807, 2.05) is 0 Å². The number of alkyl halides is 2. The van der Waals surface area contributed by atoms with Crippen molar-refractivity contribution in [3.8, 4) is 0 Å². The monoisotopic (exact) mass is 229 g/mol. The van der Waals surface area contributed by atoms with Gasteiger partial charge in [-0.2, -0.15) is 5.10 Å². The van der Waals surface area contributed by atoms with E-state index in [1.54, 1.807) is 11.6 Å². The molecule has 1 fully saturated rings. The normalized spacial score (nSPS) is 18.8. The molecule has 0 bridgehead atoms. The molecule has 2 rings (SSSR count). The Balaban J connectivity index is 2.18. The van der Waals surface area contributed by atoms with Gasteiger partial charge in [0.2, 0.25) is 0 Å². The summed E-state index contributed by atoms with van der Waals surface area (Å²) in [5, 5.41) is 3.94. The average Bonchev–Trinajstić information content (AvgIpc) is 2.55. The van der Waals surface area contributed by atoms with Crippen LogP contribution in [-0.4, -0.2) is 9.78 Å². The fraction of sp³-hybridized carbons (Fsp3) is 0.727. The number of nitrogens with two attached hydrogens (primary N) is 1. The van der Waals surface area contributed by atoms with Crippen molar-refractivity contribution in [2.75, 3.05) is 0 Å². The number of hydrogen-bond acceptors (Lipinski definition) is 2. The molecule has 0 spiro atoms. The van der Waals surface area contributed by atoms with E-state index >= 15 is 0 Å². The molecule has 1 atom stereocenters. The van der Waals surface area contributed by atoms with E-state index in [1.165, 1.54) is 25.3 Å². The van der Waals surface area contributed by atoms with Crippen LogP contribution in [0.3, 0.4) is 0 Å². The first-order valence-corrected chi connectivity index (χ1v) is 5.69. The second-order valence-corrected chi connectivity index (χ2v) is 4.56. The summed E-state index contributed by atoms with van der Waals surface area (Å²) in [6.45, 7) is 2.52. The van der Waals surface area contributed by atoms with Crippen LogP contribution >= 0.6 is 0 Å². The summed E-state index contributed by atoms with van der Waals surface area (Å²) in [5.74, 6) is 0.586. The van der Waals surface area contributed by atoms with Crippen LogP contribution in [0.4, 0.5) is 8.78 Å². The minimum absolute atomic E-state index is 0.161. The van der Waals surface area contributed by atoms with E-state index in [-0.39, 0.29) is 11.7 Å². The Labute approximate surface area is 93.6 Å². The van der Waals surface area contributed by atoms with Gasteiger partial charge in [-0.3, -0.25) is 4.68 Å². The van der Waals surface area contributed by atoms with E-state index in [0.29, 0.717) is 11.6 Å². The maximum atomic E-state index is 12.5. The molecule has 0 aromatic carbocycles. The van der Waals surface area contributed by atoms with Gasteiger partial charge in [0.1, 0.15) is 5.69 Å². The molecule has 1 aliphatic rings. The summed E-state index contributed by atoms with van der Waals surface area (Å²) in [6.07, 6.45) is 1.06. The van der Waals surface area contributed by atoms with Crippen molar-refractivity contribution >= 4 is 0 Å². The van der Waals surface area contributed by atoms with E-state index in [9.17, 15) is 8.78 Å². The minimum atomic E-state index is -2.51. The third-order valence-corrected chi connectivity index (χ3v) is 3.18. The van der Waals surface area contributed by atoms with Crippen molar-refractivity contribution in [1.29, 1.82) is 0 Å². The minimum Gasteiger partial charge on any atom is -0.323 e. The average molecular weight is 229 g/mol. The zero-order chi connectivity index (χ0) is 11.7. The third kappa shape index (κ3) is 2.24. The van der Waals surface area contributed by atoms with E-state index in [2.05, 4.69) is 5.10 Å². The highest BCUT2D eigenvalue weighted by atomic mass is 19.3. The quantitative estimate of drug-likeness (QED) is 0.862. The summed E-state index contributed by atoms with van der Waals surface area (Å²) in [6, 6.07) is 1.17. The van der Waals surface area contributed by atoms with Gasteiger partial charge in [-0.1, -0.05) is 6.42 Å². The maximum absolute atomic E-state index is 12.5. The molecule has 0 saturated heterocycles. The lowest BCUT2D eigenvalue weighted by molar-refractivity contribution is 0.144. The van der Waals surface area contributed by atoms with Crippen LogP contribution in [0.1, 0.15) is 50.0 Å². The van der Waals surface area contributed by atoms with Crippen LogP contribution in [0.2, 0.25) is 0 Å². The van der Waals surface area contributed by atoms with Gasteiger partial charge in [-0.15, -0.1) is 0 Å². The van der Waals surface area contributed by atoms with Gasteiger partial charge in [-0.05, 0) is 31.7 Å². The zero-order valence-corrected chi connectivity index (χ0v) is 9.37. The number of hydrogen-bond donors (Lipinski definition) is 1. The van der Waals surface area contributed by atoms with E-state index < -0.39 is 6.43 Å². The molecule has 1 aromatic heterocycles. The van der Waals surface area contributed by atoms with Gasteiger partial charge in [0.25, 0.3) is 6.43 Å². The van der Waals surface area contributed by atoms with Crippen LogP contribution in [-0.2, 0) is 6.54 Å². The summed E-state index contributed by atoms with van der Waals surface area (Å²) in [5.41, 5.74) is 6.31. The summed E-state index contributed by atoms with van der Waals surface area (Å²) >= 11 is 0. The first kappa shape index (κ1) is 11.5. The highest BCUT2D eigenvalue weighted by molar-refractivity contribution is 5.14. The lowest BCUT2D eigenvalue weighted by Crippen LogP contribution is -2.22. The van der Waals surface area contributed by atoms with Crippen LogP contribution in [0.5, 0.6) is 0 Å². The smallest absolute Gasteiger partial charge is 0.282 e. The van der Waals surface area contributed by atoms with E-state index in [4.69, 9.17) is 5.73 Å². The van der Waals surface area contributed by atoms with E-state index in [0.717, 1.165) is 6.54 Å². The fourth-order valence-corrected chi connectivity index (χ4v) is 1.99. The first-order chi connectivity index (χ1) is 7.58. The molecular weight excluding hydrogens is 212 g/mol. The molecule has 1 saturated carbocycles. The number of halogens is 2. The molecule has 0 radical (unpaired) electrons. The lowest BCUT2D eigenvalue weighted by atomic mass is 9.85. The van der Waals surface area contributed by atoms with Crippen molar-refractivity contribution in [2.24, 2.45) is 11.7 Å². The highest BCUT2D eigenvalue weighted by Crippen LogP contribution is 2.29. The maximum Gasteiger partial charge on any atom is 0.282 e. The summed E-state index contributed by atoms with van der Waals surface area (Å²) in [7, 11) is 0. The Bertz CT molecular complexity index is 356. The Kier molecular flexibility index (Phi) is 3.23. The number of rotatable bonds is 4. The van der Waals surface area contributed by atoms with Crippen molar-refractivity contribution in [3.63, 3.8) is 0 Å². The predicted molar refractivity (Wildman–Crippen MR) is 57.1 cm³/mol. The van der Waals surface area contributed by atoms with Gasteiger partial charge < -0.3 is 5.73 Å². The SMILES string of the molecule is C[C@H](N)c1cc(C(F)F)nn1CC1CCC1. The van der Waals surface area contributed by atoms with Gasteiger partial charge >= 0.3 is 0 Å². The Hall–Kier alpha value is -0.970. The van der Waals surface area contributed by atoms with Gasteiger partial charge in [0, 0.05) is 12.6 Å². The summed E-state index contributed by atoms with van der Waals surface area (Å²) in [4.78, 5) is 0. The molecule has 1 heterocycles. The van der Waals surface area contributed by atoms with Gasteiger partial charge in [-0.25, -0.2) is 8.78 Å². The van der Waals surface area contributed by atoms with Crippen LogP contribution in [0, 0.1) is 5.92 Å². The molecule has 1 aromatic rings. The Morgan fingerprint density at radius 1 is 1.56 bits per heavy atom. The van der Waals surface area contributed by atoms with Crippen molar-refractivity contribution < 1.29 is 8.78 Å². The first-order valence-electron chi connectivity index (χ1n) is 5.69. The number of aromatic nitrogens is 2.